The summed E-state index contributed by atoms with van der Waals surface area (Å²) in [5.41, 5.74) is 0. The Bertz CT molecular complexity index is 272. The van der Waals surface area contributed by atoms with Crippen molar-refractivity contribution < 1.29 is 9.90 Å². The third-order valence-corrected chi connectivity index (χ3v) is 1.68. The molecule has 0 aliphatic rings. The SMILES string of the molecule is CCCn1ncnc1CC(O)C=O. The average Bonchev–Trinajstić information content (AvgIpc) is 2.54. The van der Waals surface area contributed by atoms with Gasteiger partial charge < -0.3 is 9.90 Å². The molecule has 5 nitrogen and oxygen atoms in total. The molecule has 1 unspecified atom stereocenters. The van der Waals surface area contributed by atoms with Gasteiger partial charge in [-0.25, -0.2) is 4.98 Å². The Morgan fingerprint density at radius 3 is 3.15 bits per heavy atom. The molecule has 1 aromatic heterocycles. The van der Waals surface area contributed by atoms with E-state index in [1.54, 1.807) is 4.68 Å². The maximum absolute atomic E-state index is 10.2. The highest BCUT2D eigenvalue weighted by Gasteiger charge is 2.09. The first-order valence-corrected chi connectivity index (χ1v) is 4.28. The maximum Gasteiger partial charge on any atom is 0.148 e. The molecule has 1 heterocycles. The van der Waals surface area contributed by atoms with E-state index in [0.29, 0.717) is 12.1 Å². The predicted molar refractivity (Wildman–Crippen MR) is 46.1 cm³/mol. The van der Waals surface area contributed by atoms with Crippen molar-refractivity contribution in [3.8, 4) is 0 Å². The maximum atomic E-state index is 10.2. The number of aldehydes is 1. The first-order chi connectivity index (χ1) is 6.27. The number of carbonyl (C=O) groups excluding carboxylic acids is 1. The van der Waals surface area contributed by atoms with Crippen molar-refractivity contribution in [1.82, 2.24) is 14.8 Å². The summed E-state index contributed by atoms with van der Waals surface area (Å²) in [6.45, 7) is 2.79. The normalized spacial score (nSPS) is 12.8. The quantitative estimate of drug-likeness (QED) is 0.641. The van der Waals surface area contributed by atoms with Gasteiger partial charge in [0.15, 0.2) is 0 Å². The van der Waals surface area contributed by atoms with Gasteiger partial charge in [-0.15, -0.1) is 0 Å². The molecule has 72 valence electrons. The molecule has 0 aliphatic carbocycles. The summed E-state index contributed by atoms with van der Waals surface area (Å²) in [4.78, 5) is 14.1. The van der Waals surface area contributed by atoms with Crippen molar-refractivity contribution in [2.45, 2.75) is 32.4 Å². The molecule has 0 amide bonds. The van der Waals surface area contributed by atoms with Crippen LogP contribution in [0.5, 0.6) is 0 Å². The lowest BCUT2D eigenvalue weighted by atomic mass is 10.2. The zero-order valence-corrected chi connectivity index (χ0v) is 7.55. The van der Waals surface area contributed by atoms with Crippen LogP contribution in [0.15, 0.2) is 6.33 Å². The monoisotopic (exact) mass is 183 g/mol. The molecule has 0 aliphatic heterocycles. The number of nitrogens with zero attached hydrogens (tertiary/aromatic N) is 3. The van der Waals surface area contributed by atoms with Gasteiger partial charge in [-0.05, 0) is 6.42 Å². The molecular formula is C8H13N3O2. The van der Waals surface area contributed by atoms with Gasteiger partial charge in [-0.3, -0.25) is 4.68 Å². The van der Waals surface area contributed by atoms with E-state index in [1.807, 2.05) is 6.92 Å². The van der Waals surface area contributed by atoms with Gasteiger partial charge in [-0.1, -0.05) is 6.92 Å². The zero-order valence-electron chi connectivity index (χ0n) is 7.55. The molecule has 1 rings (SSSR count). The number of aliphatic hydroxyl groups is 1. The molecule has 0 saturated carbocycles. The lowest BCUT2D eigenvalue weighted by Crippen LogP contribution is -2.16. The number of rotatable bonds is 5. The van der Waals surface area contributed by atoms with Crippen LogP contribution in [0.4, 0.5) is 0 Å². The summed E-state index contributed by atoms with van der Waals surface area (Å²) in [6, 6.07) is 0. The van der Waals surface area contributed by atoms with Crippen LogP contribution in [0, 0.1) is 0 Å². The van der Waals surface area contributed by atoms with E-state index in [1.165, 1.54) is 6.33 Å². The standard InChI is InChI=1S/C8H13N3O2/c1-2-3-11-8(9-6-10-11)4-7(13)5-12/h5-7,13H,2-4H2,1H3. The fourth-order valence-corrected chi connectivity index (χ4v) is 1.08. The number of hydrogen-bond acceptors (Lipinski definition) is 4. The number of aryl methyl sites for hydroxylation is 1. The minimum absolute atomic E-state index is 0.240. The second kappa shape index (κ2) is 4.71. The van der Waals surface area contributed by atoms with Crippen LogP contribution in [0.25, 0.3) is 0 Å². The molecule has 1 atom stereocenters. The molecule has 0 spiro atoms. The lowest BCUT2D eigenvalue weighted by Gasteiger charge is -2.04. The van der Waals surface area contributed by atoms with Crippen molar-refractivity contribution >= 4 is 6.29 Å². The molecule has 0 aromatic carbocycles. The number of hydrogen-bond donors (Lipinski definition) is 1. The second-order valence-electron chi connectivity index (χ2n) is 2.81. The Labute approximate surface area is 76.4 Å². The van der Waals surface area contributed by atoms with Crippen molar-refractivity contribution in [1.29, 1.82) is 0 Å². The summed E-state index contributed by atoms with van der Waals surface area (Å²) in [7, 11) is 0. The molecule has 1 aromatic rings. The largest absolute Gasteiger partial charge is 0.385 e. The molecule has 1 N–H and O–H groups in total. The van der Waals surface area contributed by atoms with Crippen LogP contribution >= 0.6 is 0 Å². The van der Waals surface area contributed by atoms with Gasteiger partial charge in [0.05, 0.1) is 0 Å². The Balaban J connectivity index is 2.64. The highest BCUT2D eigenvalue weighted by atomic mass is 16.3. The van der Waals surface area contributed by atoms with Gasteiger partial charge in [0, 0.05) is 13.0 Å². The Hall–Kier alpha value is -1.23. The predicted octanol–water partition coefficient (Wildman–Crippen LogP) is -0.210. The van der Waals surface area contributed by atoms with Gasteiger partial charge in [0.25, 0.3) is 0 Å². The number of aromatic nitrogens is 3. The summed E-state index contributed by atoms with van der Waals surface area (Å²) in [5, 5.41) is 13.0. The Kier molecular flexibility index (Phi) is 3.57. The zero-order chi connectivity index (χ0) is 9.68. The smallest absolute Gasteiger partial charge is 0.148 e. The topological polar surface area (TPSA) is 68.0 Å². The highest BCUT2D eigenvalue weighted by molar-refractivity contribution is 5.55. The van der Waals surface area contributed by atoms with Crippen molar-refractivity contribution in [2.75, 3.05) is 0 Å². The van der Waals surface area contributed by atoms with E-state index >= 15 is 0 Å². The molecule has 5 heteroatoms. The first kappa shape index (κ1) is 9.85. The second-order valence-corrected chi connectivity index (χ2v) is 2.81. The van der Waals surface area contributed by atoms with Crippen molar-refractivity contribution in [3.05, 3.63) is 12.2 Å². The van der Waals surface area contributed by atoms with E-state index in [0.717, 1.165) is 13.0 Å². The van der Waals surface area contributed by atoms with Crippen LogP contribution in [0.1, 0.15) is 19.2 Å². The summed E-state index contributed by atoms with van der Waals surface area (Å²) >= 11 is 0. The highest BCUT2D eigenvalue weighted by Crippen LogP contribution is 1.99. The Morgan fingerprint density at radius 1 is 1.77 bits per heavy atom. The van der Waals surface area contributed by atoms with Crippen LogP contribution in [0.2, 0.25) is 0 Å². The van der Waals surface area contributed by atoms with Gasteiger partial charge in [0.1, 0.15) is 24.5 Å². The molecular weight excluding hydrogens is 170 g/mol. The van der Waals surface area contributed by atoms with Crippen molar-refractivity contribution in [2.24, 2.45) is 0 Å². The average molecular weight is 183 g/mol. The third-order valence-electron chi connectivity index (χ3n) is 1.68. The third kappa shape index (κ3) is 2.62. The van der Waals surface area contributed by atoms with E-state index in [2.05, 4.69) is 10.1 Å². The van der Waals surface area contributed by atoms with E-state index in [4.69, 9.17) is 5.11 Å². The van der Waals surface area contributed by atoms with E-state index in [9.17, 15) is 4.79 Å². The minimum atomic E-state index is -0.972. The first-order valence-electron chi connectivity index (χ1n) is 4.28. The fourth-order valence-electron chi connectivity index (χ4n) is 1.08. The van der Waals surface area contributed by atoms with Crippen molar-refractivity contribution in [3.63, 3.8) is 0 Å². The van der Waals surface area contributed by atoms with E-state index in [-0.39, 0.29) is 6.42 Å². The Morgan fingerprint density at radius 2 is 2.54 bits per heavy atom. The van der Waals surface area contributed by atoms with Gasteiger partial charge in [0.2, 0.25) is 0 Å². The number of carbonyl (C=O) groups is 1. The van der Waals surface area contributed by atoms with E-state index < -0.39 is 6.10 Å². The fraction of sp³-hybridized carbons (Fsp3) is 0.625. The molecule has 13 heavy (non-hydrogen) atoms. The van der Waals surface area contributed by atoms with Gasteiger partial charge in [-0.2, -0.15) is 5.10 Å². The molecule has 0 saturated heterocycles. The summed E-state index contributed by atoms with van der Waals surface area (Å²) in [6.07, 6.45) is 2.16. The van der Waals surface area contributed by atoms with Crippen LogP contribution in [0.3, 0.4) is 0 Å². The van der Waals surface area contributed by atoms with Crippen LogP contribution in [-0.2, 0) is 17.8 Å². The molecule has 0 radical (unpaired) electrons. The van der Waals surface area contributed by atoms with Crippen LogP contribution < -0.4 is 0 Å². The van der Waals surface area contributed by atoms with Gasteiger partial charge >= 0.3 is 0 Å². The summed E-state index contributed by atoms with van der Waals surface area (Å²) in [5.74, 6) is 0.654. The molecule has 0 fully saturated rings. The summed E-state index contributed by atoms with van der Waals surface area (Å²) < 4.78 is 1.70. The minimum Gasteiger partial charge on any atom is -0.385 e. The molecule has 0 bridgehead atoms. The number of aliphatic hydroxyl groups excluding tert-OH is 1. The lowest BCUT2D eigenvalue weighted by molar-refractivity contribution is -0.114. The van der Waals surface area contributed by atoms with Crippen LogP contribution in [-0.4, -0.2) is 32.3 Å².